The number of hydrogen-bond donors (Lipinski definition) is 1. The number of ether oxygens (including phenoxy) is 2. The maximum absolute atomic E-state index is 11.0. The molecule has 116 valence electrons. The molecule has 0 radical (unpaired) electrons. The van der Waals surface area contributed by atoms with Gasteiger partial charge in [-0.05, 0) is 37.9 Å². The van der Waals surface area contributed by atoms with Gasteiger partial charge in [-0.3, -0.25) is 0 Å². The lowest BCUT2D eigenvalue weighted by Gasteiger charge is -2.56. The van der Waals surface area contributed by atoms with Gasteiger partial charge in [-0.25, -0.2) is 0 Å². The first-order chi connectivity index (χ1) is 16.1. The summed E-state index contributed by atoms with van der Waals surface area (Å²) in [5, 5.41) is 11.0. The molecule has 1 spiro atoms. The quantitative estimate of drug-likeness (QED) is 0.798. The molecule has 0 aromatic heterocycles. The second-order valence-corrected chi connectivity index (χ2v) is 5.60. The predicted molar refractivity (Wildman–Crippen MR) is 82.5 cm³/mol. The van der Waals surface area contributed by atoms with Gasteiger partial charge in [-0.2, -0.15) is 0 Å². The van der Waals surface area contributed by atoms with Gasteiger partial charge in [0.25, 0.3) is 0 Å². The van der Waals surface area contributed by atoms with Crippen LogP contribution in [0.2, 0.25) is 0 Å². The summed E-state index contributed by atoms with van der Waals surface area (Å²) in [6.07, 6.45) is -8.08. The summed E-state index contributed by atoms with van der Waals surface area (Å²) in [6.45, 7) is -3.69. The minimum absolute atomic E-state index is 0.444. The minimum Gasteiger partial charge on any atom is -0.493 e. The van der Waals surface area contributed by atoms with E-state index in [0.717, 1.165) is 6.08 Å². The van der Waals surface area contributed by atoms with Gasteiger partial charge in [0.1, 0.15) is 12.2 Å². The molecule has 2 unspecified atom stereocenters. The third kappa shape index (κ3) is 1.28. The summed E-state index contributed by atoms with van der Waals surface area (Å²) in [5.74, 6) is -4.26. The average molecular weight is 313 g/mol. The van der Waals surface area contributed by atoms with Crippen molar-refractivity contribution >= 4 is 0 Å². The molecule has 2 aliphatic carbocycles. The molecule has 1 aromatic carbocycles. The molecule has 2 heterocycles. The Bertz CT molecular complexity index is 1230. The molecule has 1 fully saturated rings. The number of benzene rings is 1. The number of rotatable bonds is 1. The molecule has 2 bridgehead atoms. The number of likely N-dealkylation sites (N-methyl/N-ethyl adjacent to an activating group) is 1. The first kappa shape index (κ1) is 5.25. The molecule has 2 aliphatic heterocycles. The van der Waals surface area contributed by atoms with Gasteiger partial charge in [0.15, 0.2) is 11.5 Å². The van der Waals surface area contributed by atoms with Crippen molar-refractivity contribution in [2.24, 2.45) is 5.89 Å². The molecule has 0 saturated carbocycles. The Morgan fingerprint density at radius 2 is 2.55 bits per heavy atom. The van der Waals surface area contributed by atoms with Crippen LogP contribution >= 0.6 is 0 Å². The first-order valence-electron chi connectivity index (χ1n) is 13.8. The lowest BCUT2D eigenvalue weighted by molar-refractivity contribution is -0.0453. The Balaban J connectivity index is 2.02. The number of methoxy groups -OCH3 is 1. The molecule has 4 heteroatoms. The van der Waals surface area contributed by atoms with E-state index in [1.165, 1.54) is 0 Å². The molecule has 1 saturated heterocycles. The van der Waals surface area contributed by atoms with Gasteiger partial charge >= 0.3 is 0 Å². The van der Waals surface area contributed by atoms with Crippen molar-refractivity contribution in [1.82, 2.24) is 4.90 Å². The summed E-state index contributed by atoms with van der Waals surface area (Å²) < 4.78 is 128. The van der Waals surface area contributed by atoms with Crippen LogP contribution in [0.3, 0.4) is 0 Å². The van der Waals surface area contributed by atoms with Crippen LogP contribution in [0.5, 0.6) is 11.5 Å². The van der Waals surface area contributed by atoms with E-state index >= 15 is 0 Å². The minimum atomic E-state index is -3.18. The lowest BCUT2D eigenvalue weighted by Crippen LogP contribution is -2.64. The summed E-state index contributed by atoms with van der Waals surface area (Å²) in [6, 6.07) is -4.97. The van der Waals surface area contributed by atoms with Crippen molar-refractivity contribution in [3.63, 3.8) is 0 Å². The second kappa shape index (κ2) is 4.06. The van der Waals surface area contributed by atoms with Crippen molar-refractivity contribution in [3.8, 4) is 11.5 Å². The van der Waals surface area contributed by atoms with Crippen molar-refractivity contribution in [3.05, 3.63) is 35.4 Å². The highest BCUT2D eigenvalue weighted by molar-refractivity contribution is 5.62. The fraction of sp³-hybridized carbons (Fsp3) is 0.556. The van der Waals surface area contributed by atoms with E-state index < -0.39 is 97.5 Å². The molecular weight excluding hydrogens is 278 g/mol. The predicted octanol–water partition coefficient (Wildman–Crippen LogP) is 1.50. The third-order valence-electron chi connectivity index (χ3n) is 4.68. The highest BCUT2D eigenvalue weighted by Crippen LogP contribution is 2.62. The number of aliphatic hydroxyl groups is 1. The van der Waals surface area contributed by atoms with Gasteiger partial charge < -0.3 is 19.5 Å². The van der Waals surface area contributed by atoms with Gasteiger partial charge in [0, 0.05) is 32.5 Å². The van der Waals surface area contributed by atoms with E-state index in [1.807, 2.05) is 0 Å². The Kier molecular flexibility index (Phi) is 0.969. The SMILES string of the molecule is [2H]c1c([2H])c2c3c(c1OC([2H])([2H])[2H])OC1([2H])C([2H])(O)C=C[C@]4([2H])[C@@]31CCN(C([2H])([2H])[2H])[C@]4([2H])C2([2H])[2H]. The monoisotopic (exact) mass is 313 g/mol. The maximum Gasteiger partial charge on any atom is 0.165 e. The van der Waals surface area contributed by atoms with Crippen molar-refractivity contribution in [2.75, 3.05) is 20.6 Å². The van der Waals surface area contributed by atoms with Gasteiger partial charge in [-0.1, -0.05) is 18.2 Å². The largest absolute Gasteiger partial charge is 0.493 e. The van der Waals surface area contributed by atoms with Crippen LogP contribution in [0.25, 0.3) is 0 Å². The van der Waals surface area contributed by atoms with E-state index in [1.54, 1.807) is 0 Å². The van der Waals surface area contributed by atoms with Crippen LogP contribution in [-0.4, -0.2) is 48.7 Å². The van der Waals surface area contributed by atoms with Gasteiger partial charge in [0.05, 0.1) is 16.6 Å². The Hall–Kier alpha value is -1.52. The zero-order chi connectivity index (χ0) is 27.3. The zero-order valence-corrected chi connectivity index (χ0v) is 11.3. The smallest absolute Gasteiger partial charge is 0.165 e. The molecule has 1 N–H and O–H groups in total. The number of likely N-dealkylation sites (tertiary alicyclic amines) is 1. The number of piperidine rings is 1. The fourth-order valence-corrected chi connectivity index (χ4v) is 3.79. The van der Waals surface area contributed by atoms with Crippen LogP contribution in [0, 0.1) is 5.89 Å². The van der Waals surface area contributed by atoms with E-state index in [9.17, 15) is 9.22 Å². The zero-order valence-electron chi connectivity index (χ0n) is 25.3. The van der Waals surface area contributed by atoms with Crippen molar-refractivity contribution in [1.29, 1.82) is 0 Å². The highest BCUT2D eigenvalue weighted by Gasteiger charge is 2.64. The lowest BCUT2D eigenvalue weighted by atomic mass is 9.53. The van der Waals surface area contributed by atoms with Gasteiger partial charge in [-0.15, -0.1) is 0 Å². The normalized spacial score (nSPS) is 67.1. The topological polar surface area (TPSA) is 41.9 Å². The Morgan fingerprint density at radius 1 is 1.59 bits per heavy atom. The van der Waals surface area contributed by atoms with Crippen LogP contribution in [0.4, 0.5) is 0 Å². The number of nitrogens with zero attached hydrogens (tertiary/aromatic N) is 1. The molecule has 5 atom stereocenters. The molecule has 22 heavy (non-hydrogen) atoms. The fourth-order valence-electron chi connectivity index (χ4n) is 3.79. The van der Waals surface area contributed by atoms with E-state index in [-0.39, 0.29) is 0 Å². The number of hydrogen-bond acceptors (Lipinski definition) is 4. The van der Waals surface area contributed by atoms with Crippen molar-refractivity contribution < 1.29 is 33.8 Å². The highest BCUT2D eigenvalue weighted by atomic mass is 16.5. The molecule has 4 nitrogen and oxygen atoms in total. The van der Waals surface area contributed by atoms with Crippen LogP contribution in [0.1, 0.15) is 36.7 Å². The summed E-state index contributed by atoms with van der Waals surface area (Å²) in [4.78, 5) is 0.480. The van der Waals surface area contributed by atoms with Crippen LogP contribution in [-0.2, 0) is 11.8 Å². The van der Waals surface area contributed by atoms with E-state index in [4.69, 9.17) is 24.6 Å². The Labute approximate surface area is 150 Å². The maximum atomic E-state index is 11.0. The first-order valence-corrected chi connectivity index (χ1v) is 6.82. The molecule has 0 amide bonds. The summed E-state index contributed by atoms with van der Waals surface area (Å²) >= 11 is 0. The molecule has 5 rings (SSSR count). The summed E-state index contributed by atoms with van der Waals surface area (Å²) in [5.41, 5.74) is -3.50. The van der Waals surface area contributed by atoms with Crippen LogP contribution < -0.4 is 9.47 Å². The molecular formula is C18H21NO3. The summed E-state index contributed by atoms with van der Waals surface area (Å²) in [7, 11) is -3.18. The van der Waals surface area contributed by atoms with E-state index in [2.05, 4.69) is 0 Å². The van der Waals surface area contributed by atoms with Crippen molar-refractivity contribution in [2.45, 2.75) is 36.4 Å². The second-order valence-electron chi connectivity index (χ2n) is 5.60. The van der Waals surface area contributed by atoms with Crippen LogP contribution in [0.15, 0.2) is 24.2 Å². The average Bonchev–Trinajstić information content (AvgIpc) is 2.97. The van der Waals surface area contributed by atoms with Gasteiger partial charge in [0.2, 0.25) is 0 Å². The molecule has 1 aromatic rings. The Morgan fingerprint density at radius 3 is 3.41 bits per heavy atom. The third-order valence-corrected chi connectivity index (χ3v) is 4.68. The van der Waals surface area contributed by atoms with E-state index in [0.29, 0.717) is 11.0 Å². The molecule has 4 aliphatic rings. The standard InChI is InChI=1S/C18H21NO3/c1-19-8-7-18-11-4-5-13(20)17(18)22-16-14(21-2)6-3-10(15(16)18)9-12(11)19/h3-6,11-13,17,20H,7-9H2,1-2H3/t11-,12+,13?,17?,18-/m0/s1/i1D3,2D3,3D,6D,9D2,11D,12D,13D,17D.